The first kappa shape index (κ1) is 61.4. The monoisotopic (exact) mass is 1040 g/mol. The Morgan fingerprint density at radius 3 is 1.12 bits per heavy atom. The summed E-state index contributed by atoms with van der Waals surface area (Å²) in [6, 6.07) is 28.9. The minimum Gasteiger partial charge on any atom is -0.369 e. The number of benzene rings is 4. The smallest absolute Gasteiger partial charge is 0.237 e. The van der Waals surface area contributed by atoms with Crippen molar-refractivity contribution in [2.24, 2.45) is 66.9 Å². The topological polar surface area (TPSA) is 335 Å². The van der Waals surface area contributed by atoms with Gasteiger partial charge in [-0.3, -0.25) is 33.6 Å². The summed E-state index contributed by atoms with van der Waals surface area (Å²) < 4.78 is 0. The number of nitrogens with two attached hydrogens (primary N) is 5. The van der Waals surface area contributed by atoms with Crippen LogP contribution in [-0.2, 0) is 46.4 Å². The molecule has 0 radical (unpaired) electrons. The van der Waals surface area contributed by atoms with E-state index in [1.807, 2.05) is 60.7 Å². The second-order valence-electron chi connectivity index (χ2n) is 19.4. The lowest BCUT2D eigenvalue weighted by Gasteiger charge is -2.24. The average Bonchev–Trinajstić information content (AvgIpc) is 3.41. The molecule has 0 fully saturated rings. The van der Waals surface area contributed by atoms with Crippen molar-refractivity contribution in [3.8, 4) is 0 Å². The summed E-state index contributed by atoms with van der Waals surface area (Å²) in [5.41, 5.74) is 33.6. The van der Waals surface area contributed by atoms with Gasteiger partial charge in [-0.2, -0.15) is 20.5 Å². The standard InChI is InChI=1S/C57H78N12O7/c1-38(56(75)64-50(21-11-14-32-60)53(72)37-42(54(62)73)35-40-22-26-45(27-23-40)68-66-43-15-5-3-6-16-43)33-51(70)48(19-9-12-30-58)63-55(74)39(2)34-52(71)49(20-10-13-31-59)65-57(76)47(61)36-41-24-28-46(29-25-41)69-67-44-17-7-4-8-18-44/h3-8,15-18,22-29,38-39,42,47-50H,9-14,19-21,30-37,58-61H2,1-2H3,(H2,62,73)(H,63,74)(H,64,75)(H,65,76). The highest BCUT2D eigenvalue weighted by atomic mass is 16.2. The van der Waals surface area contributed by atoms with Crippen LogP contribution in [0.2, 0.25) is 0 Å². The number of nitrogens with zero attached hydrogens (tertiary/aromatic N) is 4. The number of Topliss-reactive ketones (excluding diaryl/α,β-unsaturated/α-hetero) is 3. The predicted molar refractivity (Wildman–Crippen MR) is 294 cm³/mol. The number of primary amides is 1. The highest BCUT2D eigenvalue weighted by molar-refractivity contribution is 5.97. The van der Waals surface area contributed by atoms with Crippen molar-refractivity contribution < 1.29 is 33.6 Å². The number of amides is 4. The summed E-state index contributed by atoms with van der Waals surface area (Å²) in [7, 11) is 0. The molecule has 7 unspecified atom stereocenters. The van der Waals surface area contributed by atoms with Gasteiger partial charge < -0.3 is 44.6 Å². The van der Waals surface area contributed by atoms with E-state index in [9.17, 15) is 33.6 Å². The Labute approximate surface area is 446 Å². The third-order valence-electron chi connectivity index (χ3n) is 12.9. The minimum atomic E-state index is -0.995. The Morgan fingerprint density at radius 1 is 0.434 bits per heavy atom. The van der Waals surface area contributed by atoms with E-state index in [4.69, 9.17) is 28.7 Å². The van der Waals surface area contributed by atoms with Gasteiger partial charge >= 0.3 is 0 Å². The van der Waals surface area contributed by atoms with Crippen LogP contribution in [0, 0.1) is 17.8 Å². The maximum absolute atomic E-state index is 13.9. The molecule has 0 saturated heterocycles. The predicted octanol–water partition coefficient (Wildman–Crippen LogP) is 6.72. The van der Waals surface area contributed by atoms with Gasteiger partial charge in [-0.15, -0.1) is 0 Å². The van der Waals surface area contributed by atoms with Crippen molar-refractivity contribution in [1.29, 1.82) is 0 Å². The Balaban J connectivity index is 1.34. The fraction of sp³-hybridized carbons (Fsp3) is 0.456. The van der Waals surface area contributed by atoms with E-state index in [-0.39, 0.29) is 62.9 Å². The van der Waals surface area contributed by atoms with E-state index in [0.29, 0.717) is 80.9 Å². The molecule has 7 atom stereocenters. The van der Waals surface area contributed by atoms with Crippen LogP contribution in [0.3, 0.4) is 0 Å². The Kier molecular flexibility index (Phi) is 27.2. The van der Waals surface area contributed by atoms with Crippen LogP contribution in [0.25, 0.3) is 0 Å². The summed E-state index contributed by atoms with van der Waals surface area (Å²) in [4.78, 5) is 95.2. The number of hydrogen-bond donors (Lipinski definition) is 8. The fourth-order valence-corrected chi connectivity index (χ4v) is 8.31. The largest absolute Gasteiger partial charge is 0.369 e. The van der Waals surface area contributed by atoms with Gasteiger partial charge in [0.25, 0.3) is 0 Å². The molecule has 0 aliphatic heterocycles. The van der Waals surface area contributed by atoms with E-state index in [1.54, 1.807) is 62.4 Å². The Hall–Kier alpha value is -7.19. The molecule has 13 N–H and O–H groups in total. The quantitative estimate of drug-likeness (QED) is 0.0174. The lowest BCUT2D eigenvalue weighted by Crippen LogP contribution is -2.50. The number of rotatable bonds is 36. The molecule has 0 aliphatic rings. The van der Waals surface area contributed by atoms with Crippen molar-refractivity contribution in [2.75, 3.05) is 19.6 Å². The summed E-state index contributed by atoms with van der Waals surface area (Å²) in [6.45, 7) is 4.25. The van der Waals surface area contributed by atoms with Crippen molar-refractivity contribution >= 4 is 63.7 Å². The van der Waals surface area contributed by atoms with E-state index in [1.165, 1.54) is 0 Å². The van der Waals surface area contributed by atoms with Crippen LogP contribution in [0.15, 0.2) is 130 Å². The zero-order valence-corrected chi connectivity index (χ0v) is 44.0. The Bertz CT molecular complexity index is 2510. The molecule has 0 aromatic heterocycles. The molecular weight excluding hydrogens is 965 g/mol. The molecule has 0 heterocycles. The molecule has 408 valence electrons. The Morgan fingerprint density at radius 2 is 0.763 bits per heavy atom. The van der Waals surface area contributed by atoms with Crippen molar-refractivity contribution in [1.82, 2.24) is 16.0 Å². The van der Waals surface area contributed by atoms with Crippen molar-refractivity contribution in [3.05, 3.63) is 120 Å². The molecule has 0 saturated carbocycles. The first-order chi connectivity index (χ1) is 36.6. The van der Waals surface area contributed by atoms with Gasteiger partial charge in [0.2, 0.25) is 23.6 Å². The molecule has 19 nitrogen and oxygen atoms in total. The minimum absolute atomic E-state index is 0.179. The van der Waals surface area contributed by atoms with Crippen LogP contribution in [0.4, 0.5) is 22.7 Å². The molecular formula is C57H78N12O7. The van der Waals surface area contributed by atoms with Gasteiger partial charge in [-0.25, -0.2) is 0 Å². The van der Waals surface area contributed by atoms with E-state index >= 15 is 0 Å². The average molecular weight is 1040 g/mol. The zero-order chi connectivity index (χ0) is 55.2. The molecule has 0 bridgehead atoms. The van der Waals surface area contributed by atoms with Crippen LogP contribution in [0.5, 0.6) is 0 Å². The second kappa shape index (κ2) is 33.7. The van der Waals surface area contributed by atoms with Crippen LogP contribution >= 0.6 is 0 Å². The molecule has 4 rings (SSSR count). The van der Waals surface area contributed by atoms with E-state index < -0.39 is 71.3 Å². The molecule has 4 amide bonds. The van der Waals surface area contributed by atoms with Crippen molar-refractivity contribution in [3.63, 3.8) is 0 Å². The highest BCUT2D eigenvalue weighted by Crippen LogP contribution is 2.23. The second-order valence-corrected chi connectivity index (χ2v) is 19.4. The number of carbonyl (C=O) groups excluding carboxylic acids is 7. The van der Waals surface area contributed by atoms with Gasteiger partial charge in [0, 0.05) is 37.0 Å². The first-order valence-electron chi connectivity index (χ1n) is 26.4. The molecule has 0 aliphatic carbocycles. The molecule has 0 spiro atoms. The highest BCUT2D eigenvalue weighted by Gasteiger charge is 2.32. The van der Waals surface area contributed by atoms with Gasteiger partial charge in [0.15, 0.2) is 17.3 Å². The molecule has 19 heteroatoms. The maximum Gasteiger partial charge on any atom is 0.237 e. The van der Waals surface area contributed by atoms with Gasteiger partial charge in [0.1, 0.15) is 0 Å². The number of hydrogen-bond acceptors (Lipinski definition) is 15. The van der Waals surface area contributed by atoms with Crippen LogP contribution in [0.1, 0.15) is 102 Å². The van der Waals surface area contributed by atoms with E-state index in [2.05, 4.69) is 36.4 Å². The van der Waals surface area contributed by atoms with Crippen LogP contribution < -0.4 is 44.6 Å². The normalized spacial score (nSPS) is 14.2. The number of carbonyl (C=O) groups is 7. The van der Waals surface area contributed by atoms with Crippen LogP contribution in [-0.4, -0.2) is 84.8 Å². The van der Waals surface area contributed by atoms with Gasteiger partial charge in [-0.05, 0) is 150 Å². The van der Waals surface area contributed by atoms with Gasteiger partial charge in [0.05, 0.1) is 46.9 Å². The molecule has 76 heavy (non-hydrogen) atoms. The number of ketones is 3. The molecule has 4 aromatic carbocycles. The van der Waals surface area contributed by atoms with E-state index in [0.717, 1.165) is 11.1 Å². The lowest BCUT2D eigenvalue weighted by molar-refractivity contribution is -0.135. The van der Waals surface area contributed by atoms with Gasteiger partial charge in [-0.1, -0.05) is 74.5 Å². The number of unbranched alkanes of at least 4 members (excludes halogenated alkanes) is 3. The maximum atomic E-state index is 13.9. The SMILES string of the molecule is CC(CC(=O)C(CCCCN)NC(=O)C(C)CC(=O)C(CCCCN)NC(=O)C(N)Cc1ccc(N=Nc2ccccc2)cc1)C(=O)NC(CCCCN)C(=O)CC(Cc1ccc(N=Nc2ccccc2)cc1)C(N)=O. The lowest BCUT2D eigenvalue weighted by atomic mass is 9.89. The first-order valence-corrected chi connectivity index (χ1v) is 26.4. The van der Waals surface area contributed by atoms with Crippen molar-refractivity contribution in [2.45, 2.75) is 128 Å². The zero-order valence-electron chi connectivity index (χ0n) is 44.0. The molecule has 4 aromatic rings. The fourth-order valence-electron chi connectivity index (χ4n) is 8.31. The summed E-state index contributed by atoms with van der Waals surface area (Å²) in [5.74, 6) is -6.13. The summed E-state index contributed by atoms with van der Waals surface area (Å²) >= 11 is 0. The number of nitrogens with one attached hydrogen (secondary N) is 3. The third kappa shape index (κ3) is 22.3. The summed E-state index contributed by atoms with van der Waals surface area (Å²) in [6.07, 6.45) is 3.77. The third-order valence-corrected chi connectivity index (χ3v) is 12.9. The number of azo groups is 2. The summed E-state index contributed by atoms with van der Waals surface area (Å²) in [5, 5.41) is 25.4.